The highest BCUT2D eigenvalue weighted by Crippen LogP contribution is 2.19. The van der Waals surface area contributed by atoms with Gasteiger partial charge in [0.1, 0.15) is 0 Å². The van der Waals surface area contributed by atoms with Gasteiger partial charge in [0.05, 0.1) is 5.60 Å². The molecule has 0 aromatic carbocycles. The van der Waals surface area contributed by atoms with Gasteiger partial charge in [-0.25, -0.2) is 0 Å². The Labute approximate surface area is 128 Å². The molecule has 0 rings (SSSR count). The molecular formula is C18H39NO. The van der Waals surface area contributed by atoms with Crippen LogP contribution in [-0.4, -0.2) is 25.3 Å². The Morgan fingerprint density at radius 1 is 0.900 bits per heavy atom. The molecule has 0 radical (unpaired) electrons. The summed E-state index contributed by atoms with van der Waals surface area (Å²) in [6, 6.07) is 0.676. The summed E-state index contributed by atoms with van der Waals surface area (Å²) in [7, 11) is 1.82. The van der Waals surface area contributed by atoms with E-state index in [1.54, 1.807) is 0 Å². The monoisotopic (exact) mass is 285 g/mol. The standard InChI is InChI=1S/C18H39NO/c1-6-8-9-10-11-12-13-17(19-16-7-2)14-15-18(3,4)20-5/h17,19H,6-16H2,1-5H3. The van der Waals surface area contributed by atoms with Crippen molar-refractivity contribution in [1.82, 2.24) is 5.32 Å². The first kappa shape index (κ1) is 19.9. The first-order valence-electron chi connectivity index (χ1n) is 8.84. The lowest BCUT2D eigenvalue weighted by Crippen LogP contribution is -2.33. The minimum Gasteiger partial charge on any atom is -0.379 e. The Balaban J connectivity index is 3.84. The van der Waals surface area contributed by atoms with E-state index in [2.05, 4.69) is 33.0 Å². The van der Waals surface area contributed by atoms with Crippen LogP contribution in [0.5, 0.6) is 0 Å². The zero-order valence-corrected chi connectivity index (χ0v) is 14.8. The minimum absolute atomic E-state index is 0.0211. The van der Waals surface area contributed by atoms with Gasteiger partial charge in [-0.15, -0.1) is 0 Å². The highest BCUT2D eigenvalue weighted by atomic mass is 16.5. The molecule has 0 saturated carbocycles. The lowest BCUT2D eigenvalue weighted by Gasteiger charge is -2.26. The smallest absolute Gasteiger partial charge is 0.0623 e. The number of ether oxygens (including phenoxy) is 1. The first-order valence-corrected chi connectivity index (χ1v) is 8.84. The average Bonchev–Trinajstić information content (AvgIpc) is 2.44. The van der Waals surface area contributed by atoms with Crippen molar-refractivity contribution in [3.63, 3.8) is 0 Å². The molecule has 0 aromatic heterocycles. The van der Waals surface area contributed by atoms with Crippen molar-refractivity contribution < 1.29 is 4.74 Å². The zero-order chi connectivity index (χ0) is 15.3. The second kappa shape index (κ2) is 12.6. The molecule has 0 fully saturated rings. The highest BCUT2D eigenvalue weighted by molar-refractivity contribution is 4.74. The molecule has 0 saturated heterocycles. The van der Waals surface area contributed by atoms with E-state index in [0.717, 1.165) is 13.0 Å². The Hall–Kier alpha value is -0.0800. The lowest BCUT2D eigenvalue weighted by atomic mass is 9.95. The van der Waals surface area contributed by atoms with Gasteiger partial charge >= 0.3 is 0 Å². The molecule has 1 atom stereocenters. The molecule has 2 heteroatoms. The Kier molecular flexibility index (Phi) is 12.6. The van der Waals surface area contributed by atoms with Crippen LogP contribution in [0, 0.1) is 0 Å². The highest BCUT2D eigenvalue weighted by Gasteiger charge is 2.18. The van der Waals surface area contributed by atoms with Gasteiger partial charge in [0.25, 0.3) is 0 Å². The lowest BCUT2D eigenvalue weighted by molar-refractivity contribution is 0.0115. The predicted octanol–water partition coefficient (Wildman–Crippen LogP) is 5.31. The molecule has 0 aliphatic rings. The van der Waals surface area contributed by atoms with Gasteiger partial charge in [-0.1, -0.05) is 52.4 Å². The van der Waals surface area contributed by atoms with Crippen LogP contribution in [0.15, 0.2) is 0 Å². The molecule has 0 amide bonds. The third-order valence-electron chi connectivity index (χ3n) is 4.24. The summed E-state index contributed by atoms with van der Waals surface area (Å²) in [4.78, 5) is 0. The molecule has 0 aliphatic heterocycles. The van der Waals surface area contributed by atoms with E-state index in [-0.39, 0.29) is 5.60 Å². The van der Waals surface area contributed by atoms with Crippen LogP contribution in [0.25, 0.3) is 0 Å². The summed E-state index contributed by atoms with van der Waals surface area (Å²) in [5.74, 6) is 0. The van der Waals surface area contributed by atoms with Gasteiger partial charge in [-0.3, -0.25) is 0 Å². The molecular weight excluding hydrogens is 246 g/mol. The van der Waals surface area contributed by atoms with Crippen LogP contribution >= 0.6 is 0 Å². The van der Waals surface area contributed by atoms with Gasteiger partial charge in [-0.2, -0.15) is 0 Å². The molecule has 20 heavy (non-hydrogen) atoms. The molecule has 0 spiro atoms. The van der Waals surface area contributed by atoms with Crippen molar-refractivity contribution in [2.75, 3.05) is 13.7 Å². The Morgan fingerprint density at radius 2 is 1.55 bits per heavy atom. The maximum Gasteiger partial charge on any atom is 0.0623 e. The van der Waals surface area contributed by atoms with E-state index in [4.69, 9.17) is 4.74 Å². The average molecular weight is 286 g/mol. The van der Waals surface area contributed by atoms with E-state index in [0.29, 0.717) is 6.04 Å². The summed E-state index contributed by atoms with van der Waals surface area (Å²) >= 11 is 0. The summed E-state index contributed by atoms with van der Waals surface area (Å²) in [6.07, 6.45) is 13.3. The molecule has 0 aliphatic carbocycles. The number of hydrogen-bond donors (Lipinski definition) is 1. The quantitative estimate of drug-likeness (QED) is 0.437. The van der Waals surface area contributed by atoms with Gasteiger partial charge in [0.2, 0.25) is 0 Å². The molecule has 2 nitrogen and oxygen atoms in total. The SMILES string of the molecule is CCCCCCCCC(CCC(C)(C)OC)NCCC. The predicted molar refractivity (Wildman–Crippen MR) is 90.4 cm³/mol. The number of nitrogens with one attached hydrogen (secondary N) is 1. The number of unbranched alkanes of at least 4 members (excludes halogenated alkanes) is 5. The normalized spacial score (nSPS) is 13.7. The second-order valence-electron chi connectivity index (χ2n) is 6.71. The molecule has 0 bridgehead atoms. The molecule has 1 N–H and O–H groups in total. The van der Waals surface area contributed by atoms with Crippen LogP contribution in [0.3, 0.4) is 0 Å². The van der Waals surface area contributed by atoms with Crippen molar-refractivity contribution in [3.05, 3.63) is 0 Å². The topological polar surface area (TPSA) is 21.3 Å². The fourth-order valence-corrected chi connectivity index (χ4v) is 2.49. The second-order valence-corrected chi connectivity index (χ2v) is 6.71. The number of methoxy groups -OCH3 is 1. The number of rotatable bonds is 14. The molecule has 0 heterocycles. The van der Waals surface area contributed by atoms with E-state index in [1.807, 2.05) is 7.11 Å². The molecule has 1 unspecified atom stereocenters. The van der Waals surface area contributed by atoms with Crippen molar-refractivity contribution in [2.45, 2.75) is 104 Å². The fourth-order valence-electron chi connectivity index (χ4n) is 2.49. The van der Waals surface area contributed by atoms with Crippen LogP contribution < -0.4 is 5.32 Å². The van der Waals surface area contributed by atoms with Crippen molar-refractivity contribution in [1.29, 1.82) is 0 Å². The Bertz CT molecular complexity index is 204. The molecule has 122 valence electrons. The Morgan fingerprint density at radius 3 is 2.15 bits per heavy atom. The van der Waals surface area contributed by atoms with Crippen molar-refractivity contribution in [3.8, 4) is 0 Å². The van der Waals surface area contributed by atoms with Crippen LogP contribution in [0.2, 0.25) is 0 Å². The van der Waals surface area contributed by atoms with Crippen LogP contribution in [-0.2, 0) is 4.74 Å². The third kappa shape index (κ3) is 11.7. The fraction of sp³-hybridized carbons (Fsp3) is 1.00. The number of hydrogen-bond acceptors (Lipinski definition) is 2. The van der Waals surface area contributed by atoms with Gasteiger partial charge in [0, 0.05) is 13.2 Å². The minimum atomic E-state index is 0.0211. The summed E-state index contributed by atoms with van der Waals surface area (Å²) in [6.45, 7) is 10.0. The van der Waals surface area contributed by atoms with Gasteiger partial charge in [-0.05, 0) is 46.1 Å². The van der Waals surface area contributed by atoms with E-state index < -0.39 is 0 Å². The first-order chi connectivity index (χ1) is 9.55. The third-order valence-corrected chi connectivity index (χ3v) is 4.24. The molecule has 0 aromatic rings. The maximum atomic E-state index is 5.53. The van der Waals surface area contributed by atoms with Gasteiger partial charge < -0.3 is 10.1 Å². The summed E-state index contributed by atoms with van der Waals surface area (Å²) < 4.78 is 5.53. The summed E-state index contributed by atoms with van der Waals surface area (Å²) in [5, 5.41) is 3.71. The van der Waals surface area contributed by atoms with E-state index in [9.17, 15) is 0 Å². The maximum absolute atomic E-state index is 5.53. The largest absolute Gasteiger partial charge is 0.379 e. The van der Waals surface area contributed by atoms with Crippen LogP contribution in [0.1, 0.15) is 91.9 Å². The summed E-state index contributed by atoms with van der Waals surface area (Å²) in [5.41, 5.74) is 0.0211. The van der Waals surface area contributed by atoms with Crippen LogP contribution in [0.4, 0.5) is 0 Å². The van der Waals surface area contributed by atoms with Crippen molar-refractivity contribution >= 4 is 0 Å². The van der Waals surface area contributed by atoms with Gasteiger partial charge in [0.15, 0.2) is 0 Å². The van der Waals surface area contributed by atoms with Crippen molar-refractivity contribution in [2.24, 2.45) is 0 Å². The van der Waals surface area contributed by atoms with E-state index in [1.165, 1.54) is 57.8 Å². The van der Waals surface area contributed by atoms with E-state index >= 15 is 0 Å². The zero-order valence-electron chi connectivity index (χ0n) is 14.8.